The minimum Gasteiger partial charge on any atom is -0.488 e. The highest BCUT2D eigenvalue weighted by atomic mass is 16.5. The van der Waals surface area contributed by atoms with Crippen molar-refractivity contribution < 1.29 is 14.3 Å². The molecule has 0 unspecified atom stereocenters. The van der Waals surface area contributed by atoms with E-state index in [0.29, 0.717) is 18.9 Å². The number of rotatable bonds is 7. The van der Waals surface area contributed by atoms with Crippen molar-refractivity contribution in [2.24, 2.45) is 0 Å². The minimum absolute atomic E-state index is 0.338. The molecule has 0 aliphatic heterocycles. The zero-order valence-electron chi connectivity index (χ0n) is 16.4. The van der Waals surface area contributed by atoms with Crippen LogP contribution in [0.3, 0.4) is 0 Å². The molecule has 0 aliphatic rings. The molecule has 4 aromatic rings. The average molecular weight is 385 g/mol. The van der Waals surface area contributed by atoms with Crippen LogP contribution >= 0.6 is 0 Å². The first kappa shape index (κ1) is 18.8. The van der Waals surface area contributed by atoms with Crippen LogP contribution in [0.15, 0.2) is 78.9 Å². The van der Waals surface area contributed by atoms with Gasteiger partial charge in [-0.05, 0) is 35.7 Å². The number of ether oxygens (including phenoxy) is 2. The molecule has 4 rings (SSSR count). The third kappa shape index (κ3) is 4.32. The van der Waals surface area contributed by atoms with E-state index < -0.39 is 0 Å². The van der Waals surface area contributed by atoms with Gasteiger partial charge in [0.2, 0.25) is 0 Å². The molecule has 4 heteroatoms. The molecule has 0 atom stereocenters. The third-order valence-electron chi connectivity index (χ3n) is 4.79. The van der Waals surface area contributed by atoms with Gasteiger partial charge in [0.15, 0.2) is 0 Å². The highest BCUT2D eigenvalue weighted by Gasteiger charge is 2.16. The smallest absolute Gasteiger partial charge is 0.354 e. The first-order valence-corrected chi connectivity index (χ1v) is 9.77. The molecule has 0 aliphatic carbocycles. The number of benzene rings is 3. The van der Waals surface area contributed by atoms with Crippen LogP contribution < -0.4 is 4.74 Å². The summed E-state index contributed by atoms with van der Waals surface area (Å²) in [6, 6.07) is 26.2. The fourth-order valence-electron chi connectivity index (χ4n) is 3.40. The molecule has 4 nitrogen and oxygen atoms in total. The van der Waals surface area contributed by atoms with Crippen molar-refractivity contribution in [3.63, 3.8) is 0 Å². The van der Waals surface area contributed by atoms with Crippen molar-refractivity contribution in [2.75, 3.05) is 6.61 Å². The lowest BCUT2D eigenvalue weighted by Gasteiger charge is -2.13. The van der Waals surface area contributed by atoms with Gasteiger partial charge in [0, 0.05) is 17.3 Å². The van der Waals surface area contributed by atoms with Crippen molar-refractivity contribution in [1.29, 1.82) is 0 Å². The van der Waals surface area contributed by atoms with E-state index in [9.17, 15) is 4.79 Å². The van der Waals surface area contributed by atoms with Crippen LogP contribution in [-0.4, -0.2) is 17.6 Å². The molecular formula is C25H23NO3. The van der Waals surface area contributed by atoms with Crippen LogP contribution in [0.5, 0.6) is 5.75 Å². The normalized spacial score (nSPS) is 10.8. The van der Waals surface area contributed by atoms with Crippen LogP contribution in [0.2, 0.25) is 0 Å². The van der Waals surface area contributed by atoms with Gasteiger partial charge in [-0.2, -0.15) is 0 Å². The van der Waals surface area contributed by atoms with Crippen molar-refractivity contribution in [2.45, 2.75) is 20.0 Å². The van der Waals surface area contributed by atoms with E-state index in [1.165, 1.54) is 5.56 Å². The molecule has 0 saturated carbocycles. The maximum Gasteiger partial charge on any atom is 0.354 e. The molecule has 1 heterocycles. The van der Waals surface area contributed by atoms with E-state index in [1.54, 1.807) is 6.92 Å². The van der Waals surface area contributed by atoms with Crippen LogP contribution in [0.1, 0.15) is 34.1 Å². The van der Waals surface area contributed by atoms with Gasteiger partial charge < -0.3 is 14.5 Å². The maximum atomic E-state index is 12.2. The quantitative estimate of drug-likeness (QED) is 0.427. The second-order valence-corrected chi connectivity index (χ2v) is 6.86. The van der Waals surface area contributed by atoms with E-state index in [1.807, 2.05) is 60.7 Å². The summed E-state index contributed by atoms with van der Waals surface area (Å²) in [4.78, 5) is 15.3. The first-order chi connectivity index (χ1) is 14.2. The summed E-state index contributed by atoms with van der Waals surface area (Å²) in [6.07, 6.45) is 0.751. The predicted octanol–water partition coefficient (Wildman–Crippen LogP) is 5.51. The molecule has 0 amide bonds. The van der Waals surface area contributed by atoms with Crippen molar-refractivity contribution in [3.8, 4) is 5.75 Å². The molecular weight excluding hydrogens is 362 g/mol. The zero-order chi connectivity index (χ0) is 20.1. The Morgan fingerprint density at radius 3 is 2.28 bits per heavy atom. The number of H-pyrrole nitrogens is 1. The summed E-state index contributed by atoms with van der Waals surface area (Å²) in [5.41, 5.74) is 4.67. The Morgan fingerprint density at radius 1 is 0.897 bits per heavy atom. The fourth-order valence-corrected chi connectivity index (χ4v) is 3.40. The molecule has 0 fully saturated rings. The molecule has 0 bridgehead atoms. The van der Waals surface area contributed by atoms with Crippen molar-refractivity contribution in [3.05, 3.63) is 101 Å². The molecule has 29 heavy (non-hydrogen) atoms. The lowest BCUT2D eigenvalue weighted by atomic mass is 10.0. The van der Waals surface area contributed by atoms with Gasteiger partial charge in [-0.1, -0.05) is 66.7 Å². The van der Waals surface area contributed by atoms with E-state index in [-0.39, 0.29) is 5.97 Å². The van der Waals surface area contributed by atoms with Gasteiger partial charge in [0.1, 0.15) is 18.1 Å². The van der Waals surface area contributed by atoms with Crippen LogP contribution in [0, 0.1) is 0 Å². The summed E-state index contributed by atoms with van der Waals surface area (Å²) in [6.45, 7) is 2.60. The molecule has 0 radical (unpaired) electrons. The summed E-state index contributed by atoms with van der Waals surface area (Å²) < 4.78 is 11.4. The Labute approximate surface area is 170 Å². The topological polar surface area (TPSA) is 51.3 Å². The Bertz CT molecular complexity index is 1100. The van der Waals surface area contributed by atoms with E-state index in [2.05, 4.69) is 23.2 Å². The Balaban J connectivity index is 1.73. The molecule has 0 saturated heterocycles. The fraction of sp³-hybridized carbons (Fsp3) is 0.160. The SMILES string of the molecule is CCOC(=O)c1cc2c(OCc3ccccc3)c(Cc3ccccc3)ccc2[nH]1. The van der Waals surface area contributed by atoms with E-state index in [4.69, 9.17) is 9.47 Å². The molecule has 1 N–H and O–H groups in total. The number of carbonyl (C=O) groups is 1. The monoisotopic (exact) mass is 385 g/mol. The van der Waals surface area contributed by atoms with Gasteiger partial charge in [-0.15, -0.1) is 0 Å². The molecule has 0 spiro atoms. The van der Waals surface area contributed by atoms with Crippen LogP contribution in [-0.2, 0) is 17.8 Å². The third-order valence-corrected chi connectivity index (χ3v) is 4.79. The van der Waals surface area contributed by atoms with Gasteiger partial charge in [-0.3, -0.25) is 0 Å². The van der Waals surface area contributed by atoms with E-state index >= 15 is 0 Å². The van der Waals surface area contributed by atoms with E-state index in [0.717, 1.165) is 34.2 Å². The van der Waals surface area contributed by atoms with Crippen LogP contribution in [0.25, 0.3) is 10.9 Å². The lowest BCUT2D eigenvalue weighted by Crippen LogP contribution is -2.04. The number of esters is 1. The van der Waals surface area contributed by atoms with Gasteiger partial charge in [0.25, 0.3) is 0 Å². The van der Waals surface area contributed by atoms with Gasteiger partial charge in [0.05, 0.1) is 6.61 Å². The Morgan fingerprint density at radius 2 is 1.59 bits per heavy atom. The number of hydrogen-bond acceptors (Lipinski definition) is 3. The Kier molecular flexibility index (Phi) is 5.61. The minimum atomic E-state index is -0.359. The number of aromatic nitrogens is 1. The predicted molar refractivity (Wildman–Crippen MR) is 114 cm³/mol. The standard InChI is InChI=1S/C25H23NO3/c1-2-28-25(27)23-16-21-22(26-23)14-13-20(15-18-9-5-3-6-10-18)24(21)29-17-19-11-7-4-8-12-19/h3-14,16,26H,2,15,17H2,1H3. The summed E-state index contributed by atoms with van der Waals surface area (Å²) >= 11 is 0. The number of hydrogen-bond donors (Lipinski definition) is 1. The summed E-state index contributed by atoms with van der Waals surface area (Å²) in [5, 5.41) is 0.886. The lowest BCUT2D eigenvalue weighted by molar-refractivity contribution is 0.0520. The highest BCUT2D eigenvalue weighted by Crippen LogP contribution is 2.33. The summed E-state index contributed by atoms with van der Waals surface area (Å²) in [5.74, 6) is 0.435. The van der Waals surface area contributed by atoms with Gasteiger partial charge in [-0.25, -0.2) is 4.79 Å². The largest absolute Gasteiger partial charge is 0.488 e. The second kappa shape index (κ2) is 8.65. The molecule has 3 aromatic carbocycles. The van der Waals surface area contributed by atoms with Crippen molar-refractivity contribution >= 4 is 16.9 Å². The number of fused-ring (bicyclic) bond motifs is 1. The highest BCUT2D eigenvalue weighted by molar-refractivity contribution is 5.97. The second-order valence-electron chi connectivity index (χ2n) is 6.86. The molecule has 146 valence electrons. The average Bonchev–Trinajstić information content (AvgIpc) is 3.19. The van der Waals surface area contributed by atoms with Crippen LogP contribution in [0.4, 0.5) is 0 Å². The number of aromatic amines is 1. The van der Waals surface area contributed by atoms with Gasteiger partial charge >= 0.3 is 5.97 Å². The summed E-state index contributed by atoms with van der Waals surface area (Å²) in [7, 11) is 0. The van der Waals surface area contributed by atoms with Crippen molar-refractivity contribution in [1.82, 2.24) is 4.98 Å². The molecule has 1 aromatic heterocycles. The first-order valence-electron chi connectivity index (χ1n) is 9.77. The number of carbonyl (C=O) groups excluding carboxylic acids is 1. The maximum absolute atomic E-state index is 12.2. The number of nitrogens with one attached hydrogen (secondary N) is 1. The zero-order valence-corrected chi connectivity index (χ0v) is 16.4. The Hall–Kier alpha value is -3.53.